The molecule has 0 bridgehead atoms. The summed E-state index contributed by atoms with van der Waals surface area (Å²) >= 11 is 0. The summed E-state index contributed by atoms with van der Waals surface area (Å²) < 4.78 is 0. The van der Waals surface area contributed by atoms with Crippen LogP contribution >= 0.6 is 0 Å². The van der Waals surface area contributed by atoms with Crippen LogP contribution in [0.4, 0.5) is 0 Å². The molecule has 21 heavy (non-hydrogen) atoms. The Bertz CT molecular complexity index is 450. The maximum absolute atomic E-state index is 12.3. The van der Waals surface area contributed by atoms with Crippen LogP contribution in [0.3, 0.4) is 0 Å². The Balaban J connectivity index is 1.72. The number of nitrogens with zero attached hydrogens (tertiary/aromatic N) is 1. The number of rotatable bonds is 6. The lowest BCUT2D eigenvalue weighted by Gasteiger charge is -2.32. The van der Waals surface area contributed by atoms with Crippen LogP contribution in [0.15, 0.2) is 24.3 Å². The van der Waals surface area contributed by atoms with E-state index in [0.29, 0.717) is 12.3 Å². The SMILES string of the molecule is CNCCC1CCN(C(=O)CCc2cccc(C)c2)CC1. The van der Waals surface area contributed by atoms with Gasteiger partial charge in [-0.3, -0.25) is 4.79 Å². The standard InChI is InChI=1S/C18H28N2O/c1-15-4-3-5-17(14-15)6-7-18(21)20-12-9-16(10-13-20)8-11-19-2/h3-5,14,16,19H,6-13H2,1-2H3. The smallest absolute Gasteiger partial charge is 0.222 e. The fourth-order valence-electron chi connectivity index (χ4n) is 3.10. The zero-order chi connectivity index (χ0) is 15.1. The number of aryl methyl sites for hydroxylation is 2. The lowest BCUT2D eigenvalue weighted by Crippen LogP contribution is -2.39. The predicted octanol–water partition coefficient (Wildman–Crippen LogP) is 2.78. The van der Waals surface area contributed by atoms with Gasteiger partial charge in [0.05, 0.1) is 0 Å². The number of benzene rings is 1. The zero-order valence-corrected chi connectivity index (χ0v) is 13.4. The van der Waals surface area contributed by atoms with Crippen LogP contribution in [0.2, 0.25) is 0 Å². The second kappa shape index (κ2) is 8.18. The van der Waals surface area contributed by atoms with Crippen LogP contribution < -0.4 is 5.32 Å². The van der Waals surface area contributed by atoms with Crippen LogP contribution in [0, 0.1) is 12.8 Å². The number of carbonyl (C=O) groups excluding carboxylic acids is 1. The molecule has 0 spiro atoms. The number of hydrogen-bond donors (Lipinski definition) is 1. The summed E-state index contributed by atoms with van der Waals surface area (Å²) in [5, 5.41) is 3.21. The minimum Gasteiger partial charge on any atom is -0.343 e. The summed E-state index contributed by atoms with van der Waals surface area (Å²) in [4.78, 5) is 14.4. The van der Waals surface area contributed by atoms with Gasteiger partial charge in [0.15, 0.2) is 0 Å². The highest BCUT2D eigenvalue weighted by atomic mass is 16.2. The van der Waals surface area contributed by atoms with Crippen molar-refractivity contribution in [1.29, 1.82) is 0 Å². The molecule has 1 aromatic carbocycles. The molecule has 116 valence electrons. The molecule has 0 atom stereocenters. The van der Waals surface area contributed by atoms with E-state index in [4.69, 9.17) is 0 Å². The van der Waals surface area contributed by atoms with Gasteiger partial charge in [-0.05, 0) is 57.7 Å². The maximum Gasteiger partial charge on any atom is 0.222 e. The van der Waals surface area contributed by atoms with Crippen molar-refractivity contribution in [3.63, 3.8) is 0 Å². The summed E-state index contributed by atoms with van der Waals surface area (Å²) in [7, 11) is 2.00. The van der Waals surface area contributed by atoms with E-state index in [-0.39, 0.29) is 0 Å². The number of nitrogens with one attached hydrogen (secondary N) is 1. The van der Waals surface area contributed by atoms with Gasteiger partial charge >= 0.3 is 0 Å². The molecule has 1 N–H and O–H groups in total. The summed E-state index contributed by atoms with van der Waals surface area (Å²) in [6, 6.07) is 8.46. The topological polar surface area (TPSA) is 32.3 Å². The second-order valence-corrected chi connectivity index (χ2v) is 6.21. The molecule has 3 heteroatoms. The van der Waals surface area contributed by atoms with Crippen molar-refractivity contribution in [3.8, 4) is 0 Å². The highest BCUT2D eigenvalue weighted by Gasteiger charge is 2.21. The van der Waals surface area contributed by atoms with Gasteiger partial charge < -0.3 is 10.2 Å². The molecule has 1 saturated heterocycles. The summed E-state index contributed by atoms with van der Waals surface area (Å²) in [5.74, 6) is 1.11. The molecule has 1 amide bonds. The first-order valence-electron chi connectivity index (χ1n) is 8.17. The molecule has 0 unspecified atom stereocenters. The largest absolute Gasteiger partial charge is 0.343 e. The molecule has 2 rings (SSSR count). The van der Waals surface area contributed by atoms with E-state index in [1.807, 2.05) is 7.05 Å². The highest BCUT2D eigenvalue weighted by Crippen LogP contribution is 2.20. The Morgan fingerprint density at radius 3 is 2.76 bits per heavy atom. The molecule has 0 aliphatic carbocycles. The third kappa shape index (κ3) is 5.16. The quantitative estimate of drug-likeness (QED) is 0.873. The van der Waals surface area contributed by atoms with Gasteiger partial charge in [0, 0.05) is 19.5 Å². The van der Waals surface area contributed by atoms with Gasteiger partial charge in [-0.25, -0.2) is 0 Å². The van der Waals surface area contributed by atoms with Crippen LogP contribution in [0.25, 0.3) is 0 Å². The molecule has 1 fully saturated rings. The molecule has 1 aliphatic rings. The van der Waals surface area contributed by atoms with E-state index in [1.165, 1.54) is 17.5 Å². The molecule has 1 aliphatic heterocycles. The average Bonchev–Trinajstić information content (AvgIpc) is 2.51. The summed E-state index contributed by atoms with van der Waals surface area (Å²) in [6.07, 6.45) is 5.07. The third-order valence-electron chi connectivity index (χ3n) is 4.48. The number of piperidine rings is 1. The first-order valence-corrected chi connectivity index (χ1v) is 8.17. The Morgan fingerprint density at radius 2 is 2.10 bits per heavy atom. The van der Waals surface area contributed by atoms with Crippen molar-refractivity contribution in [2.24, 2.45) is 5.92 Å². The Hall–Kier alpha value is -1.35. The Morgan fingerprint density at radius 1 is 1.33 bits per heavy atom. The second-order valence-electron chi connectivity index (χ2n) is 6.21. The van der Waals surface area contributed by atoms with Gasteiger partial charge in [-0.15, -0.1) is 0 Å². The van der Waals surface area contributed by atoms with Crippen LogP contribution in [-0.4, -0.2) is 37.5 Å². The lowest BCUT2D eigenvalue weighted by molar-refractivity contribution is -0.132. The van der Waals surface area contributed by atoms with E-state index >= 15 is 0 Å². The van der Waals surface area contributed by atoms with Gasteiger partial charge in [-0.1, -0.05) is 29.8 Å². The minimum atomic E-state index is 0.323. The average molecular weight is 288 g/mol. The van der Waals surface area contributed by atoms with Crippen molar-refractivity contribution >= 4 is 5.91 Å². The van der Waals surface area contributed by atoms with Crippen molar-refractivity contribution in [2.75, 3.05) is 26.7 Å². The third-order valence-corrected chi connectivity index (χ3v) is 4.48. The van der Waals surface area contributed by atoms with Gasteiger partial charge in [0.1, 0.15) is 0 Å². The molecule has 3 nitrogen and oxygen atoms in total. The normalized spacial score (nSPS) is 16.2. The molecule has 1 heterocycles. The number of amides is 1. The number of carbonyl (C=O) groups is 1. The number of hydrogen-bond acceptors (Lipinski definition) is 2. The first kappa shape index (κ1) is 16.0. The summed E-state index contributed by atoms with van der Waals surface area (Å²) in [5.41, 5.74) is 2.54. The monoisotopic (exact) mass is 288 g/mol. The molecule has 0 aromatic heterocycles. The van der Waals surface area contributed by atoms with E-state index in [9.17, 15) is 4.79 Å². The van der Waals surface area contributed by atoms with Gasteiger partial charge in [0.2, 0.25) is 5.91 Å². The fourth-order valence-corrected chi connectivity index (χ4v) is 3.10. The zero-order valence-electron chi connectivity index (χ0n) is 13.4. The van der Waals surface area contributed by atoms with Crippen LogP contribution in [0.5, 0.6) is 0 Å². The fraction of sp³-hybridized carbons (Fsp3) is 0.611. The first-order chi connectivity index (χ1) is 10.2. The summed E-state index contributed by atoms with van der Waals surface area (Å²) in [6.45, 7) is 5.08. The van der Waals surface area contributed by atoms with E-state index in [2.05, 4.69) is 41.4 Å². The Labute approximate surface area is 128 Å². The van der Waals surface area contributed by atoms with Crippen molar-refractivity contribution in [2.45, 2.75) is 39.0 Å². The molecule has 0 saturated carbocycles. The van der Waals surface area contributed by atoms with Crippen molar-refractivity contribution in [3.05, 3.63) is 35.4 Å². The lowest BCUT2D eigenvalue weighted by atomic mass is 9.93. The van der Waals surface area contributed by atoms with E-state index in [0.717, 1.165) is 44.8 Å². The van der Waals surface area contributed by atoms with E-state index in [1.54, 1.807) is 0 Å². The molecule has 1 aromatic rings. The van der Waals surface area contributed by atoms with Crippen molar-refractivity contribution in [1.82, 2.24) is 10.2 Å². The van der Waals surface area contributed by atoms with Crippen molar-refractivity contribution < 1.29 is 4.79 Å². The van der Waals surface area contributed by atoms with Gasteiger partial charge in [0.25, 0.3) is 0 Å². The van der Waals surface area contributed by atoms with E-state index < -0.39 is 0 Å². The number of likely N-dealkylation sites (tertiary alicyclic amines) is 1. The maximum atomic E-state index is 12.3. The Kier molecular flexibility index (Phi) is 6.24. The molecular weight excluding hydrogens is 260 g/mol. The predicted molar refractivity (Wildman–Crippen MR) is 87.3 cm³/mol. The molecule has 0 radical (unpaired) electrons. The molecular formula is C18H28N2O. The van der Waals surface area contributed by atoms with Crippen LogP contribution in [0.1, 0.15) is 36.8 Å². The van der Waals surface area contributed by atoms with Gasteiger partial charge in [-0.2, -0.15) is 0 Å². The van der Waals surface area contributed by atoms with Crippen LogP contribution in [-0.2, 0) is 11.2 Å². The minimum absolute atomic E-state index is 0.323. The highest BCUT2D eigenvalue weighted by molar-refractivity contribution is 5.76.